The highest BCUT2D eigenvalue weighted by Gasteiger charge is 2.22. The van der Waals surface area contributed by atoms with Crippen molar-refractivity contribution in [3.8, 4) is 33.8 Å². The van der Waals surface area contributed by atoms with Crippen molar-refractivity contribution in [1.29, 1.82) is 0 Å². The SMILES string of the molecule is COC(=O)c1ccc(-c2cc([N+](=O)[O-])ccc2Oc2ccc([N+](=O)[O-])cc2-c2ccc(C(=O)OC)cc2Cl)c(Cl)c1. The monoisotopic (exact) mass is 596 g/mol. The molecule has 4 aromatic rings. The minimum absolute atomic E-state index is 0.0867. The molecule has 0 aliphatic heterocycles. The van der Waals surface area contributed by atoms with Gasteiger partial charge in [-0.3, -0.25) is 20.2 Å². The van der Waals surface area contributed by atoms with E-state index in [1.54, 1.807) is 0 Å². The predicted molar refractivity (Wildman–Crippen MR) is 150 cm³/mol. The number of methoxy groups -OCH3 is 2. The summed E-state index contributed by atoms with van der Waals surface area (Å²) in [5, 5.41) is 23.3. The van der Waals surface area contributed by atoms with Crippen molar-refractivity contribution in [2.45, 2.75) is 0 Å². The van der Waals surface area contributed by atoms with Crippen molar-refractivity contribution in [1.82, 2.24) is 0 Å². The predicted octanol–water partition coefficient (Wildman–Crippen LogP) is 7.51. The number of rotatable bonds is 8. The van der Waals surface area contributed by atoms with E-state index in [4.69, 9.17) is 37.4 Å². The van der Waals surface area contributed by atoms with Gasteiger partial charge in [0.25, 0.3) is 11.4 Å². The maximum atomic E-state index is 11.9. The standard InChI is InChI=1S/C28H18Cl2N2O9/c1-39-27(33)15-3-7-19(23(29)11-15)21-13-17(31(35)36)5-9-25(21)41-26-10-6-18(32(37)38)14-22(26)20-8-4-16(12-24(20)30)28(34)40-2/h3-14H,1-2H3. The molecule has 0 amide bonds. The molecule has 0 atom stereocenters. The lowest BCUT2D eigenvalue weighted by Crippen LogP contribution is -2.01. The third-order valence-corrected chi connectivity index (χ3v) is 6.55. The van der Waals surface area contributed by atoms with Crippen LogP contribution in [-0.2, 0) is 9.47 Å². The fourth-order valence-electron chi connectivity index (χ4n) is 3.94. The molecular formula is C28H18Cl2N2O9. The average molecular weight is 597 g/mol. The number of halogens is 2. The summed E-state index contributed by atoms with van der Waals surface area (Å²) in [6.45, 7) is 0. The molecule has 0 aromatic heterocycles. The first-order valence-corrected chi connectivity index (χ1v) is 12.3. The molecule has 0 radical (unpaired) electrons. The van der Waals surface area contributed by atoms with Crippen LogP contribution >= 0.6 is 23.2 Å². The number of nitro benzene ring substituents is 2. The van der Waals surface area contributed by atoms with Gasteiger partial charge in [-0.1, -0.05) is 35.3 Å². The van der Waals surface area contributed by atoms with Crippen molar-refractivity contribution in [3.63, 3.8) is 0 Å². The number of ether oxygens (including phenoxy) is 3. The number of nitro groups is 2. The molecule has 13 heteroatoms. The number of carbonyl (C=O) groups excluding carboxylic acids is 2. The Balaban J connectivity index is 1.88. The van der Waals surface area contributed by atoms with Crippen LogP contribution in [-0.4, -0.2) is 36.0 Å². The molecule has 4 aromatic carbocycles. The Bertz CT molecular complexity index is 1600. The molecule has 11 nitrogen and oxygen atoms in total. The Labute approximate surface area is 242 Å². The number of nitrogens with zero attached hydrogens (tertiary/aromatic N) is 2. The molecule has 0 spiro atoms. The number of hydrogen-bond donors (Lipinski definition) is 0. The van der Waals surface area contributed by atoms with Gasteiger partial charge in [-0.2, -0.15) is 0 Å². The van der Waals surface area contributed by atoms with Crippen molar-refractivity contribution in [3.05, 3.63) is 114 Å². The second-order valence-electron chi connectivity index (χ2n) is 8.35. The van der Waals surface area contributed by atoms with Crippen LogP contribution in [0.25, 0.3) is 22.3 Å². The van der Waals surface area contributed by atoms with Gasteiger partial charge in [-0.15, -0.1) is 0 Å². The Hall–Kier alpha value is -5.00. The normalized spacial score (nSPS) is 10.5. The van der Waals surface area contributed by atoms with Crippen LogP contribution in [0.15, 0.2) is 72.8 Å². The summed E-state index contributed by atoms with van der Waals surface area (Å²) in [6, 6.07) is 16.2. The van der Waals surface area contributed by atoms with E-state index in [1.807, 2.05) is 0 Å². The summed E-state index contributed by atoms with van der Waals surface area (Å²) in [5.41, 5.74) is 0.836. The summed E-state index contributed by atoms with van der Waals surface area (Å²) >= 11 is 12.9. The molecule has 0 aliphatic carbocycles. The smallest absolute Gasteiger partial charge is 0.337 e. The van der Waals surface area contributed by atoms with Crippen molar-refractivity contribution in [2.24, 2.45) is 0 Å². The highest BCUT2D eigenvalue weighted by Crippen LogP contribution is 2.44. The lowest BCUT2D eigenvalue weighted by molar-refractivity contribution is -0.385. The Morgan fingerprint density at radius 2 is 1.00 bits per heavy atom. The fourth-order valence-corrected chi connectivity index (χ4v) is 4.50. The Morgan fingerprint density at radius 3 is 1.32 bits per heavy atom. The zero-order valence-electron chi connectivity index (χ0n) is 21.3. The number of esters is 2. The molecule has 0 fully saturated rings. The number of hydrogen-bond acceptors (Lipinski definition) is 9. The molecule has 208 valence electrons. The van der Waals surface area contributed by atoms with E-state index in [9.17, 15) is 29.8 Å². The maximum absolute atomic E-state index is 11.9. The topological polar surface area (TPSA) is 148 Å². The second-order valence-corrected chi connectivity index (χ2v) is 9.16. The largest absolute Gasteiger partial charge is 0.465 e. The van der Waals surface area contributed by atoms with Gasteiger partial charge in [0.15, 0.2) is 0 Å². The number of carbonyl (C=O) groups is 2. The molecule has 0 N–H and O–H groups in total. The second kappa shape index (κ2) is 12.0. The van der Waals surface area contributed by atoms with Gasteiger partial charge in [0.1, 0.15) is 11.5 Å². The minimum Gasteiger partial charge on any atom is -0.465 e. The van der Waals surface area contributed by atoms with E-state index in [-0.39, 0.29) is 55.2 Å². The Kier molecular flexibility index (Phi) is 8.51. The van der Waals surface area contributed by atoms with Crippen molar-refractivity contribution in [2.75, 3.05) is 14.2 Å². The third kappa shape index (κ3) is 6.11. The molecule has 0 aliphatic rings. The van der Waals surface area contributed by atoms with Gasteiger partial charge in [-0.05, 0) is 36.4 Å². The Morgan fingerprint density at radius 1 is 0.610 bits per heavy atom. The molecule has 0 bridgehead atoms. The fraction of sp³-hybridized carbons (Fsp3) is 0.0714. The lowest BCUT2D eigenvalue weighted by Gasteiger charge is -2.16. The van der Waals surface area contributed by atoms with Gasteiger partial charge in [0.2, 0.25) is 0 Å². The van der Waals surface area contributed by atoms with E-state index < -0.39 is 21.8 Å². The summed E-state index contributed by atoms with van der Waals surface area (Å²) in [4.78, 5) is 45.8. The summed E-state index contributed by atoms with van der Waals surface area (Å²) in [5.74, 6) is -1.03. The van der Waals surface area contributed by atoms with Gasteiger partial charge < -0.3 is 14.2 Å². The van der Waals surface area contributed by atoms with Gasteiger partial charge >= 0.3 is 11.9 Å². The van der Waals surface area contributed by atoms with Crippen molar-refractivity contribution >= 4 is 46.5 Å². The van der Waals surface area contributed by atoms with Crippen LogP contribution in [0.1, 0.15) is 20.7 Å². The first-order chi connectivity index (χ1) is 19.5. The zero-order valence-corrected chi connectivity index (χ0v) is 22.8. The average Bonchev–Trinajstić information content (AvgIpc) is 2.96. The summed E-state index contributed by atoms with van der Waals surface area (Å²) in [7, 11) is 2.43. The highest BCUT2D eigenvalue weighted by atomic mass is 35.5. The number of benzene rings is 4. The molecule has 4 rings (SSSR count). The molecular weight excluding hydrogens is 579 g/mol. The first kappa shape index (κ1) is 29.0. The summed E-state index contributed by atoms with van der Waals surface area (Å²) in [6.07, 6.45) is 0. The molecule has 0 saturated heterocycles. The quantitative estimate of drug-likeness (QED) is 0.114. The molecule has 0 heterocycles. The zero-order chi connectivity index (χ0) is 29.8. The molecule has 41 heavy (non-hydrogen) atoms. The van der Waals surface area contributed by atoms with Gasteiger partial charge in [0.05, 0.1) is 35.2 Å². The van der Waals surface area contributed by atoms with E-state index in [0.717, 1.165) is 0 Å². The third-order valence-electron chi connectivity index (χ3n) is 5.93. The van der Waals surface area contributed by atoms with Gasteiger partial charge in [0, 0.05) is 56.6 Å². The lowest BCUT2D eigenvalue weighted by atomic mass is 10.0. The molecule has 0 saturated carbocycles. The van der Waals surface area contributed by atoms with Crippen LogP contribution < -0.4 is 4.74 Å². The van der Waals surface area contributed by atoms with E-state index in [0.29, 0.717) is 11.1 Å². The van der Waals surface area contributed by atoms with Crippen LogP contribution in [0.2, 0.25) is 10.0 Å². The van der Waals surface area contributed by atoms with Gasteiger partial charge in [-0.25, -0.2) is 9.59 Å². The van der Waals surface area contributed by atoms with E-state index >= 15 is 0 Å². The summed E-state index contributed by atoms with van der Waals surface area (Å²) < 4.78 is 15.6. The highest BCUT2D eigenvalue weighted by molar-refractivity contribution is 6.34. The van der Waals surface area contributed by atoms with Crippen LogP contribution in [0.5, 0.6) is 11.5 Å². The minimum atomic E-state index is -0.625. The first-order valence-electron chi connectivity index (χ1n) is 11.5. The number of non-ortho nitro benzene ring substituents is 2. The van der Waals surface area contributed by atoms with Crippen LogP contribution in [0, 0.1) is 20.2 Å². The van der Waals surface area contributed by atoms with E-state index in [2.05, 4.69) is 0 Å². The van der Waals surface area contributed by atoms with Crippen LogP contribution in [0.3, 0.4) is 0 Å². The van der Waals surface area contributed by atoms with E-state index in [1.165, 1.54) is 87.0 Å². The van der Waals surface area contributed by atoms with Crippen LogP contribution in [0.4, 0.5) is 11.4 Å². The molecule has 0 unspecified atom stereocenters. The van der Waals surface area contributed by atoms with Crippen molar-refractivity contribution < 1.29 is 33.6 Å². The maximum Gasteiger partial charge on any atom is 0.337 e.